The fourth-order valence-electron chi connectivity index (χ4n) is 3.30. The van der Waals surface area contributed by atoms with Gasteiger partial charge in [0.05, 0.1) is 4.75 Å². The molecule has 0 saturated carbocycles. The lowest BCUT2D eigenvalue weighted by Gasteiger charge is -2.33. The number of nitrogens with one attached hydrogen (secondary N) is 1. The van der Waals surface area contributed by atoms with E-state index >= 15 is 0 Å². The van der Waals surface area contributed by atoms with Crippen molar-refractivity contribution >= 4 is 29.6 Å². The summed E-state index contributed by atoms with van der Waals surface area (Å²) in [6, 6.07) is 1.77. The fourth-order valence-corrected chi connectivity index (χ4v) is 4.51. The number of aromatic nitrogens is 1. The second-order valence-corrected chi connectivity index (χ2v) is 11.4. The molecule has 1 aromatic heterocycles. The second kappa shape index (κ2) is 8.58. The molecule has 2 atom stereocenters. The lowest BCUT2D eigenvalue weighted by molar-refractivity contribution is -0.119. The van der Waals surface area contributed by atoms with Gasteiger partial charge < -0.3 is 19.5 Å². The molecule has 1 aliphatic heterocycles. The summed E-state index contributed by atoms with van der Waals surface area (Å²) >= 11 is 1.59. The summed E-state index contributed by atoms with van der Waals surface area (Å²) in [5.74, 6) is 1.83. The summed E-state index contributed by atoms with van der Waals surface area (Å²) < 4.78 is 10.2. The molecule has 0 spiro atoms. The Kier molecular flexibility index (Phi) is 6.97. The molecule has 1 N–H and O–H groups in total. The van der Waals surface area contributed by atoms with Crippen LogP contribution >= 0.6 is 11.8 Å². The maximum atomic E-state index is 13.2. The molecule has 0 aliphatic carbocycles. The third-order valence-corrected chi connectivity index (χ3v) is 6.41. The van der Waals surface area contributed by atoms with Crippen LogP contribution < -0.4 is 5.32 Å². The molecule has 7 nitrogen and oxygen atoms in total. The van der Waals surface area contributed by atoms with E-state index in [4.69, 9.17) is 9.26 Å². The Labute approximate surface area is 178 Å². The molecule has 2 rings (SSSR count). The SMILES string of the molecule is CCSC(C)(C(=O)Nc1cc(C(C)(C)C)on1)C1CCN(C(=O)OC(C)(C)C)C1. The largest absolute Gasteiger partial charge is 0.444 e. The fraction of sp³-hybridized carbons (Fsp3) is 0.762. The maximum Gasteiger partial charge on any atom is 0.410 e. The van der Waals surface area contributed by atoms with Gasteiger partial charge in [0.2, 0.25) is 5.91 Å². The van der Waals surface area contributed by atoms with Gasteiger partial charge in [-0.2, -0.15) is 0 Å². The number of carbonyl (C=O) groups is 2. The van der Waals surface area contributed by atoms with Crippen molar-refractivity contribution in [3.05, 3.63) is 11.8 Å². The van der Waals surface area contributed by atoms with Crippen molar-refractivity contribution in [2.45, 2.75) is 77.6 Å². The van der Waals surface area contributed by atoms with E-state index in [9.17, 15) is 9.59 Å². The monoisotopic (exact) mass is 425 g/mol. The highest BCUT2D eigenvalue weighted by atomic mass is 32.2. The third-order valence-electron chi connectivity index (χ3n) is 5.00. The molecule has 0 bridgehead atoms. The third kappa shape index (κ3) is 5.90. The zero-order valence-corrected chi connectivity index (χ0v) is 19.7. The summed E-state index contributed by atoms with van der Waals surface area (Å²) in [4.78, 5) is 27.4. The van der Waals surface area contributed by atoms with Gasteiger partial charge in [0.25, 0.3) is 0 Å². The van der Waals surface area contributed by atoms with Gasteiger partial charge in [0.1, 0.15) is 11.4 Å². The first-order valence-electron chi connectivity index (χ1n) is 10.2. The van der Waals surface area contributed by atoms with E-state index in [-0.39, 0.29) is 23.3 Å². The number of likely N-dealkylation sites (tertiary alicyclic amines) is 1. The normalized spacial score (nSPS) is 19.7. The summed E-state index contributed by atoms with van der Waals surface area (Å²) in [6.45, 7) is 16.7. The van der Waals surface area contributed by atoms with E-state index in [0.717, 1.165) is 17.9 Å². The summed E-state index contributed by atoms with van der Waals surface area (Å²) in [5.41, 5.74) is -0.720. The second-order valence-electron chi connectivity index (χ2n) is 9.73. The number of rotatable bonds is 5. The molecule has 29 heavy (non-hydrogen) atoms. The molecule has 164 valence electrons. The van der Waals surface area contributed by atoms with Crippen LogP contribution in [0.5, 0.6) is 0 Å². The van der Waals surface area contributed by atoms with Crippen LogP contribution in [0.4, 0.5) is 10.6 Å². The standard InChI is InChI=1S/C21H35N3O4S/c1-9-29-21(8,14-10-11-24(13-14)18(26)27-20(5,6)7)17(25)22-16-12-15(28-23-16)19(2,3)4/h12,14H,9-11,13H2,1-8H3,(H,22,23,25). The van der Waals surface area contributed by atoms with Crippen molar-refractivity contribution in [2.24, 2.45) is 5.92 Å². The molecule has 0 aromatic carbocycles. The molecular weight excluding hydrogens is 390 g/mol. The Balaban J connectivity index is 2.11. The Bertz CT molecular complexity index is 735. The van der Waals surface area contributed by atoms with Crippen LogP contribution in [0.2, 0.25) is 0 Å². The predicted molar refractivity (Wildman–Crippen MR) is 116 cm³/mol. The van der Waals surface area contributed by atoms with E-state index < -0.39 is 10.3 Å². The zero-order valence-electron chi connectivity index (χ0n) is 18.9. The molecule has 0 radical (unpaired) electrons. The molecule has 8 heteroatoms. The van der Waals surface area contributed by atoms with Gasteiger partial charge in [-0.25, -0.2) is 4.79 Å². The highest BCUT2D eigenvalue weighted by molar-refractivity contribution is 8.01. The average Bonchev–Trinajstić information content (AvgIpc) is 3.22. The van der Waals surface area contributed by atoms with E-state index in [2.05, 4.69) is 10.5 Å². The van der Waals surface area contributed by atoms with Gasteiger partial charge in [-0.15, -0.1) is 11.8 Å². The van der Waals surface area contributed by atoms with Gasteiger partial charge in [-0.3, -0.25) is 4.79 Å². The van der Waals surface area contributed by atoms with E-state index in [1.165, 1.54) is 0 Å². The van der Waals surface area contributed by atoms with Crippen LogP contribution in [0.25, 0.3) is 0 Å². The van der Waals surface area contributed by atoms with Crippen molar-refractivity contribution in [1.29, 1.82) is 0 Å². The van der Waals surface area contributed by atoms with E-state index in [1.807, 2.05) is 55.4 Å². The first-order valence-corrected chi connectivity index (χ1v) is 11.2. The number of amides is 2. The van der Waals surface area contributed by atoms with Crippen molar-refractivity contribution < 1.29 is 18.8 Å². The number of anilines is 1. The lowest BCUT2D eigenvalue weighted by Crippen LogP contribution is -2.46. The van der Waals surface area contributed by atoms with Crippen molar-refractivity contribution in [1.82, 2.24) is 10.1 Å². The topological polar surface area (TPSA) is 84.7 Å². The number of thioether (sulfide) groups is 1. The number of hydrogen-bond donors (Lipinski definition) is 1. The minimum atomic E-state index is -0.688. The minimum absolute atomic E-state index is 0.0222. The number of carbonyl (C=O) groups excluding carboxylic acids is 2. The van der Waals surface area contributed by atoms with Crippen LogP contribution in [0, 0.1) is 5.92 Å². The van der Waals surface area contributed by atoms with Gasteiger partial charge in [-0.05, 0) is 39.9 Å². The van der Waals surface area contributed by atoms with Gasteiger partial charge in [0, 0.05) is 30.5 Å². The molecule has 1 fully saturated rings. The van der Waals surface area contributed by atoms with Crippen LogP contribution in [-0.4, -0.2) is 51.2 Å². The Morgan fingerprint density at radius 3 is 2.45 bits per heavy atom. The minimum Gasteiger partial charge on any atom is -0.444 e. The zero-order chi connectivity index (χ0) is 22.0. The predicted octanol–water partition coefficient (Wildman–Crippen LogP) is 4.68. The van der Waals surface area contributed by atoms with Crippen LogP contribution in [0.1, 0.15) is 67.6 Å². The summed E-state index contributed by atoms with van der Waals surface area (Å²) in [5, 5.41) is 6.93. The smallest absolute Gasteiger partial charge is 0.410 e. The molecule has 1 aromatic rings. The molecule has 2 amide bonds. The molecular formula is C21H35N3O4S. The molecule has 1 saturated heterocycles. The Morgan fingerprint density at radius 1 is 1.28 bits per heavy atom. The van der Waals surface area contributed by atoms with E-state index in [1.54, 1.807) is 22.7 Å². The van der Waals surface area contributed by atoms with E-state index in [0.29, 0.717) is 18.9 Å². The van der Waals surface area contributed by atoms with Crippen molar-refractivity contribution in [3.8, 4) is 0 Å². The lowest BCUT2D eigenvalue weighted by atomic mass is 9.91. The average molecular weight is 426 g/mol. The van der Waals surface area contributed by atoms with Crippen molar-refractivity contribution in [3.63, 3.8) is 0 Å². The summed E-state index contributed by atoms with van der Waals surface area (Å²) in [7, 11) is 0. The number of hydrogen-bond acceptors (Lipinski definition) is 6. The Morgan fingerprint density at radius 2 is 1.93 bits per heavy atom. The van der Waals surface area contributed by atoms with Gasteiger partial charge in [0.15, 0.2) is 5.82 Å². The van der Waals surface area contributed by atoms with Crippen LogP contribution in [-0.2, 0) is 14.9 Å². The molecule has 2 unspecified atom stereocenters. The Hall–Kier alpha value is -1.70. The molecule has 1 aliphatic rings. The highest BCUT2D eigenvalue weighted by Gasteiger charge is 2.46. The highest BCUT2D eigenvalue weighted by Crippen LogP contribution is 2.40. The van der Waals surface area contributed by atoms with Crippen molar-refractivity contribution in [2.75, 3.05) is 24.2 Å². The number of nitrogens with zero attached hydrogens (tertiary/aromatic N) is 2. The van der Waals surface area contributed by atoms with Crippen LogP contribution in [0.3, 0.4) is 0 Å². The number of ether oxygens (including phenoxy) is 1. The maximum absolute atomic E-state index is 13.2. The van der Waals surface area contributed by atoms with Gasteiger partial charge in [-0.1, -0.05) is 32.9 Å². The first-order chi connectivity index (χ1) is 13.3. The first kappa shape index (κ1) is 23.6. The molecule has 2 heterocycles. The quantitative estimate of drug-likeness (QED) is 0.737. The van der Waals surface area contributed by atoms with Crippen LogP contribution in [0.15, 0.2) is 10.6 Å². The van der Waals surface area contributed by atoms with Gasteiger partial charge >= 0.3 is 6.09 Å². The summed E-state index contributed by atoms with van der Waals surface area (Å²) in [6.07, 6.45) is 0.429.